The highest BCUT2D eigenvalue weighted by Gasteiger charge is 2.35. The topological polar surface area (TPSA) is 40.5 Å². The highest BCUT2D eigenvalue weighted by atomic mass is 19.4. The third kappa shape index (κ3) is 5.76. The highest BCUT2D eigenvalue weighted by Crippen LogP contribution is 2.42. The van der Waals surface area contributed by atoms with Crippen LogP contribution in [0.2, 0.25) is 0 Å². The normalized spacial score (nSPS) is 20.9. The molecule has 0 amide bonds. The van der Waals surface area contributed by atoms with Crippen molar-refractivity contribution in [1.82, 2.24) is 4.90 Å². The van der Waals surface area contributed by atoms with Gasteiger partial charge in [0, 0.05) is 18.5 Å². The van der Waals surface area contributed by atoms with Crippen LogP contribution < -0.4 is 0 Å². The first kappa shape index (κ1) is 23.1. The minimum atomic E-state index is -4.37. The van der Waals surface area contributed by atoms with E-state index >= 15 is 0 Å². The lowest BCUT2D eigenvalue weighted by molar-refractivity contribution is -0.139. The van der Waals surface area contributed by atoms with Crippen LogP contribution >= 0.6 is 0 Å². The molecule has 1 saturated heterocycles. The lowest BCUT2D eigenvalue weighted by Gasteiger charge is -2.44. The van der Waals surface area contributed by atoms with E-state index in [1.54, 1.807) is 18.2 Å². The monoisotopic (exact) mass is 431 g/mol. The second kappa shape index (κ2) is 9.69. The van der Waals surface area contributed by atoms with Crippen molar-refractivity contribution in [3.8, 4) is 0 Å². The number of halogens is 3. The molecule has 0 saturated carbocycles. The number of rotatable bonds is 7. The second-order valence-electron chi connectivity index (χ2n) is 8.31. The van der Waals surface area contributed by atoms with Crippen molar-refractivity contribution in [1.29, 1.82) is 0 Å². The van der Waals surface area contributed by atoms with Gasteiger partial charge < -0.3 is 5.11 Å². The lowest BCUT2D eigenvalue weighted by atomic mass is 9.83. The molecule has 3 rings (SSSR count). The van der Waals surface area contributed by atoms with Crippen molar-refractivity contribution in [3.63, 3.8) is 0 Å². The molecule has 0 aromatic heterocycles. The first-order valence-electron chi connectivity index (χ1n) is 10.5. The minimum Gasteiger partial charge on any atom is -0.481 e. The van der Waals surface area contributed by atoms with Gasteiger partial charge in [0.15, 0.2) is 0 Å². The number of piperidine rings is 1. The maximum absolute atomic E-state index is 13.0. The summed E-state index contributed by atoms with van der Waals surface area (Å²) in [4.78, 5) is 13.6. The minimum absolute atomic E-state index is 0.00839. The van der Waals surface area contributed by atoms with Crippen LogP contribution in [-0.2, 0) is 11.0 Å². The third-order valence-electron chi connectivity index (χ3n) is 6.09. The number of carbonyl (C=O) groups is 1. The highest BCUT2D eigenvalue weighted by molar-refractivity contribution is 5.67. The van der Waals surface area contributed by atoms with E-state index in [9.17, 15) is 23.1 Å². The summed E-state index contributed by atoms with van der Waals surface area (Å²) in [6.45, 7) is 6.55. The van der Waals surface area contributed by atoms with Gasteiger partial charge in [0.25, 0.3) is 0 Å². The predicted octanol–water partition coefficient (Wildman–Crippen LogP) is 6.56. The summed E-state index contributed by atoms with van der Waals surface area (Å²) in [6, 6.07) is 13.4. The van der Waals surface area contributed by atoms with Crippen molar-refractivity contribution in [3.05, 3.63) is 83.4 Å². The largest absolute Gasteiger partial charge is 0.481 e. The first-order chi connectivity index (χ1) is 14.7. The molecule has 3 atom stereocenters. The van der Waals surface area contributed by atoms with Gasteiger partial charge in [-0.05, 0) is 61.9 Å². The van der Waals surface area contributed by atoms with Gasteiger partial charge in [0.1, 0.15) is 0 Å². The van der Waals surface area contributed by atoms with Gasteiger partial charge >= 0.3 is 12.1 Å². The number of carboxylic acids is 1. The number of benzene rings is 2. The average molecular weight is 431 g/mol. The number of aliphatic carboxylic acids is 1. The zero-order valence-electron chi connectivity index (χ0n) is 17.6. The van der Waals surface area contributed by atoms with Gasteiger partial charge in [0.05, 0.1) is 5.56 Å². The Morgan fingerprint density at radius 3 is 2.39 bits per heavy atom. The summed E-state index contributed by atoms with van der Waals surface area (Å²) in [7, 11) is 0. The van der Waals surface area contributed by atoms with Crippen LogP contribution in [-0.4, -0.2) is 22.5 Å². The van der Waals surface area contributed by atoms with Gasteiger partial charge in [-0.2, -0.15) is 13.2 Å². The van der Waals surface area contributed by atoms with Crippen molar-refractivity contribution in [2.24, 2.45) is 5.92 Å². The van der Waals surface area contributed by atoms with Crippen LogP contribution in [0.25, 0.3) is 0 Å². The Kier molecular flexibility index (Phi) is 7.21. The fraction of sp³-hybridized carbons (Fsp3) is 0.400. The smallest absolute Gasteiger partial charge is 0.416 e. The Bertz CT molecular complexity index is 890. The Labute approximate surface area is 181 Å². The predicted molar refractivity (Wildman–Crippen MR) is 115 cm³/mol. The molecule has 2 aromatic carbocycles. The summed E-state index contributed by atoms with van der Waals surface area (Å²) in [6.07, 6.45) is -0.420. The van der Waals surface area contributed by atoms with Gasteiger partial charge in [-0.15, -0.1) is 6.58 Å². The van der Waals surface area contributed by atoms with Crippen molar-refractivity contribution in [2.45, 2.75) is 50.9 Å². The first-order valence-corrected chi connectivity index (χ1v) is 10.5. The van der Waals surface area contributed by atoms with Gasteiger partial charge in [-0.3, -0.25) is 9.69 Å². The molecule has 2 aromatic rings. The average Bonchev–Trinajstić information content (AvgIpc) is 2.72. The molecule has 1 fully saturated rings. The number of hydrogen-bond acceptors (Lipinski definition) is 2. The molecule has 0 aliphatic carbocycles. The molecule has 0 bridgehead atoms. The van der Waals surface area contributed by atoms with E-state index in [1.165, 1.54) is 0 Å². The van der Waals surface area contributed by atoms with Gasteiger partial charge in [-0.1, -0.05) is 48.0 Å². The SMILES string of the molecule is C=CC[C@H](c1ccc(C(F)(F)F)cc1)N1CC[C@@H](CC(=O)O)C[C@H]1c1ccc(C)cc1. The number of alkyl halides is 3. The molecule has 0 spiro atoms. The molecule has 166 valence electrons. The van der Waals surface area contributed by atoms with E-state index in [0.717, 1.165) is 35.2 Å². The quantitative estimate of drug-likeness (QED) is 0.505. The molecule has 0 unspecified atom stereocenters. The van der Waals surface area contributed by atoms with E-state index in [0.29, 0.717) is 19.4 Å². The van der Waals surface area contributed by atoms with Crippen LogP contribution in [0.5, 0.6) is 0 Å². The summed E-state index contributed by atoms with van der Waals surface area (Å²) in [5.41, 5.74) is 2.38. The van der Waals surface area contributed by atoms with E-state index in [-0.39, 0.29) is 24.4 Å². The van der Waals surface area contributed by atoms with E-state index in [4.69, 9.17) is 0 Å². The number of likely N-dealkylation sites (tertiary alicyclic amines) is 1. The number of aryl methyl sites for hydroxylation is 1. The maximum Gasteiger partial charge on any atom is 0.416 e. The van der Waals surface area contributed by atoms with Crippen molar-refractivity contribution < 1.29 is 23.1 Å². The molecule has 1 N–H and O–H groups in total. The van der Waals surface area contributed by atoms with Gasteiger partial charge in [0.2, 0.25) is 0 Å². The van der Waals surface area contributed by atoms with Crippen LogP contribution in [0.4, 0.5) is 13.2 Å². The standard InChI is InChI=1S/C25H28F3NO2/c1-3-4-22(19-9-11-21(12-10-19)25(26,27)28)29-14-13-18(16-24(30)31)15-23(29)20-7-5-17(2)6-8-20/h3,5-12,18,22-23H,1,4,13-16H2,2H3,(H,30,31)/t18-,22-,23+/m1/s1. The molecule has 1 aliphatic heterocycles. The maximum atomic E-state index is 13.0. The Morgan fingerprint density at radius 1 is 1.19 bits per heavy atom. The molecule has 31 heavy (non-hydrogen) atoms. The number of hydrogen-bond donors (Lipinski definition) is 1. The Hall–Kier alpha value is -2.60. The molecule has 1 heterocycles. The molecule has 1 aliphatic rings. The summed E-state index contributed by atoms with van der Waals surface area (Å²) in [5.74, 6) is -0.733. The molecule has 3 nitrogen and oxygen atoms in total. The second-order valence-corrected chi connectivity index (χ2v) is 8.31. The summed E-state index contributed by atoms with van der Waals surface area (Å²) in [5, 5.41) is 9.27. The fourth-order valence-electron chi connectivity index (χ4n) is 4.49. The van der Waals surface area contributed by atoms with Crippen LogP contribution in [0.3, 0.4) is 0 Å². The zero-order chi connectivity index (χ0) is 22.6. The fourth-order valence-corrected chi connectivity index (χ4v) is 4.49. The third-order valence-corrected chi connectivity index (χ3v) is 6.09. The Morgan fingerprint density at radius 2 is 1.84 bits per heavy atom. The molecular formula is C25H28F3NO2. The summed E-state index contributed by atoms with van der Waals surface area (Å²) < 4.78 is 39.0. The number of carboxylic acid groups (broad SMARTS) is 1. The number of nitrogens with zero attached hydrogens (tertiary/aromatic N) is 1. The van der Waals surface area contributed by atoms with Crippen LogP contribution in [0.15, 0.2) is 61.2 Å². The summed E-state index contributed by atoms with van der Waals surface area (Å²) >= 11 is 0. The lowest BCUT2D eigenvalue weighted by Crippen LogP contribution is -2.40. The van der Waals surface area contributed by atoms with Crippen LogP contribution in [0.1, 0.15) is 60.0 Å². The Balaban J connectivity index is 1.94. The van der Waals surface area contributed by atoms with Crippen molar-refractivity contribution >= 4 is 5.97 Å². The molecular weight excluding hydrogens is 403 g/mol. The zero-order valence-corrected chi connectivity index (χ0v) is 17.6. The van der Waals surface area contributed by atoms with E-state index in [1.807, 2.05) is 19.1 Å². The molecule has 6 heteroatoms. The van der Waals surface area contributed by atoms with Gasteiger partial charge in [-0.25, -0.2) is 0 Å². The van der Waals surface area contributed by atoms with E-state index in [2.05, 4.69) is 23.6 Å². The van der Waals surface area contributed by atoms with E-state index < -0.39 is 17.7 Å². The molecule has 0 radical (unpaired) electrons. The van der Waals surface area contributed by atoms with Crippen LogP contribution in [0, 0.1) is 12.8 Å². The van der Waals surface area contributed by atoms with Crippen molar-refractivity contribution in [2.75, 3.05) is 6.54 Å².